The van der Waals surface area contributed by atoms with Crippen LogP contribution in [0.2, 0.25) is 0 Å². The van der Waals surface area contributed by atoms with Gasteiger partial charge in [-0.25, -0.2) is 0 Å². The monoisotopic (exact) mass is 392 g/mol. The first kappa shape index (κ1) is 19.9. The molecule has 0 aliphatic carbocycles. The highest BCUT2D eigenvalue weighted by atomic mass is 32.2. The quantitative estimate of drug-likeness (QED) is 0.750. The van der Waals surface area contributed by atoms with Crippen molar-refractivity contribution < 1.29 is 8.42 Å². The Balaban J connectivity index is 1.69. The Morgan fingerprint density at radius 1 is 1.26 bits per heavy atom. The fourth-order valence-electron chi connectivity index (χ4n) is 3.45. The van der Waals surface area contributed by atoms with Crippen LogP contribution in [0.15, 0.2) is 24.7 Å². The molecule has 1 aliphatic heterocycles. The van der Waals surface area contributed by atoms with Crippen LogP contribution >= 0.6 is 0 Å². The molecular weight excluding hydrogens is 364 g/mol. The van der Waals surface area contributed by atoms with Crippen molar-refractivity contribution in [2.45, 2.75) is 39.2 Å². The molecule has 0 spiro atoms. The Morgan fingerprint density at radius 2 is 2.04 bits per heavy atom. The van der Waals surface area contributed by atoms with Crippen molar-refractivity contribution in [1.29, 1.82) is 0 Å². The molecule has 148 valence electrons. The molecule has 9 heteroatoms. The largest absolute Gasteiger partial charge is 0.281 e. The van der Waals surface area contributed by atoms with E-state index in [4.69, 9.17) is 0 Å². The van der Waals surface area contributed by atoms with Crippen molar-refractivity contribution in [2.75, 3.05) is 27.2 Å². The van der Waals surface area contributed by atoms with E-state index in [0.717, 1.165) is 36.3 Å². The average Bonchev–Trinajstić information content (AvgIpc) is 3.12. The van der Waals surface area contributed by atoms with E-state index < -0.39 is 10.2 Å². The summed E-state index contributed by atoms with van der Waals surface area (Å²) in [7, 11) is -0.205. The van der Waals surface area contributed by atoms with Gasteiger partial charge in [0, 0.05) is 45.6 Å². The molecule has 0 amide bonds. The summed E-state index contributed by atoms with van der Waals surface area (Å²) in [5.74, 6) is 0.259. The molecule has 0 N–H and O–H groups in total. The van der Waals surface area contributed by atoms with Crippen LogP contribution in [0.5, 0.6) is 0 Å². The third-order valence-electron chi connectivity index (χ3n) is 4.89. The maximum atomic E-state index is 12.4. The predicted molar refractivity (Wildman–Crippen MR) is 104 cm³/mol. The Bertz CT molecular complexity index is 860. The van der Waals surface area contributed by atoms with Crippen molar-refractivity contribution in [2.24, 2.45) is 5.92 Å². The van der Waals surface area contributed by atoms with Crippen LogP contribution < -0.4 is 0 Å². The minimum Gasteiger partial charge on any atom is -0.261 e. The molecule has 27 heavy (non-hydrogen) atoms. The van der Waals surface area contributed by atoms with Gasteiger partial charge in [-0.15, -0.1) is 0 Å². The molecule has 0 unspecified atom stereocenters. The maximum Gasteiger partial charge on any atom is 0.281 e. The van der Waals surface area contributed by atoms with Crippen LogP contribution in [-0.2, 0) is 16.6 Å². The van der Waals surface area contributed by atoms with Crippen LogP contribution in [0.1, 0.15) is 38.4 Å². The average molecular weight is 393 g/mol. The molecule has 2 aromatic rings. The van der Waals surface area contributed by atoms with Gasteiger partial charge in [-0.1, -0.05) is 0 Å². The van der Waals surface area contributed by atoms with Crippen molar-refractivity contribution in [3.8, 4) is 11.4 Å². The topological polar surface area (TPSA) is 84.2 Å². The zero-order valence-corrected chi connectivity index (χ0v) is 17.2. The molecule has 1 fully saturated rings. The third-order valence-corrected chi connectivity index (χ3v) is 6.80. The van der Waals surface area contributed by atoms with E-state index in [-0.39, 0.29) is 12.0 Å². The highest BCUT2D eigenvalue weighted by molar-refractivity contribution is 7.86. The molecular formula is C18H28N6O2S. The SMILES string of the molecule is CC(C)n1nccc1-c1cnc(C[C@@H]2CCCN(S(=O)(=O)N(C)C)C2)cn1. The summed E-state index contributed by atoms with van der Waals surface area (Å²) in [5.41, 5.74) is 2.64. The summed E-state index contributed by atoms with van der Waals surface area (Å²) >= 11 is 0. The van der Waals surface area contributed by atoms with Gasteiger partial charge in [0.2, 0.25) is 0 Å². The van der Waals surface area contributed by atoms with E-state index in [1.807, 2.05) is 10.7 Å². The molecule has 0 aromatic carbocycles. The van der Waals surface area contributed by atoms with Gasteiger partial charge in [-0.3, -0.25) is 14.6 Å². The Morgan fingerprint density at radius 3 is 2.67 bits per heavy atom. The highest BCUT2D eigenvalue weighted by Crippen LogP contribution is 2.24. The smallest absolute Gasteiger partial charge is 0.261 e. The van der Waals surface area contributed by atoms with E-state index in [2.05, 4.69) is 28.9 Å². The molecule has 8 nitrogen and oxygen atoms in total. The van der Waals surface area contributed by atoms with E-state index in [1.54, 1.807) is 37.0 Å². The Hall–Kier alpha value is -1.84. The van der Waals surface area contributed by atoms with E-state index in [1.165, 1.54) is 4.31 Å². The number of hydrogen-bond donors (Lipinski definition) is 0. The second-order valence-electron chi connectivity index (χ2n) is 7.51. The molecule has 1 atom stereocenters. The molecule has 1 aliphatic rings. The summed E-state index contributed by atoms with van der Waals surface area (Å²) in [6.45, 7) is 5.27. The lowest BCUT2D eigenvalue weighted by Gasteiger charge is -2.33. The number of rotatable bonds is 6. The summed E-state index contributed by atoms with van der Waals surface area (Å²) in [4.78, 5) is 9.13. The number of nitrogens with zero attached hydrogens (tertiary/aromatic N) is 6. The minimum atomic E-state index is -3.35. The third kappa shape index (κ3) is 4.36. The van der Waals surface area contributed by atoms with Gasteiger partial charge in [-0.2, -0.15) is 22.1 Å². The Kier molecular flexibility index (Phi) is 5.92. The first-order valence-corrected chi connectivity index (χ1v) is 10.7. The summed E-state index contributed by atoms with van der Waals surface area (Å²) in [6.07, 6.45) is 7.96. The first-order valence-electron chi connectivity index (χ1n) is 9.31. The lowest BCUT2D eigenvalue weighted by Crippen LogP contribution is -2.45. The fraction of sp³-hybridized carbons (Fsp3) is 0.611. The first-order chi connectivity index (χ1) is 12.8. The van der Waals surface area contributed by atoms with Gasteiger partial charge in [0.25, 0.3) is 10.2 Å². The van der Waals surface area contributed by atoms with Gasteiger partial charge in [-0.05, 0) is 45.1 Å². The molecule has 0 saturated carbocycles. The van der Waals surface area contributed by atoms with E-state index >= 15 is 0 Å². The zero-order chi connectivity index (χ0) is 19.6. The predicted octanol–water partition coefficient (Wildman–Crippen LogP) is 1.98. The van der Waals surface area contributed by atoms with Gasteiger partial charge < -0.3 is 0 Å². The molecule has 3 heterocycles. The van der Waals surface area contributed by atoms with E-state index in [9.17, 15) is 8.42 Å². The number of aromatic nitrogens is 4. The van der Waals surface area contributed by atoms with Gasteiger partial charge in [0.05, 0.1) is 17.6 Å². The second kappa shape index (κ2) is 8.04. The summed E-state index contributed by atoms with van der Waals surface area (Å²) in [5, 5.41) is 4.34. The molecule has 2 aromatic heterocycles. The number of piperidine rings is 1. The van der Waals surface area contributed by atoms with Gasteiger partial charge >= 0.3 is 0 Å². The van der Waals surface area contributed by atoms with Crippen molar-refractivity contribution in [3.63, 3.8) is 0 Å². The zero-order valence-electron chi connectivity index (χ0n) is 16.4. The van der Waals surface area contributed by atoms with Crippen LogP contribution in [0.25, 0.3) is 11.4 Å². The minimum absolute atomic E-state index is 0.253. The van der Waals surface area contributed by atoms with Crippen LogP contribution in [-0.4, -0.2) is 64.0 Å². The molecule has 0 radical (unpaired) electrons. The lowest BCUT2D eigenvalue weighted by atomic mass is 9.95. The normalized spacial score (nSPS) is 19.1. The van der Waals surface area contributed by atoms with Crippen molar-refractivity contribution in [3.05, 3.63) is 30.4 Å². The molecule has 1 saturated heterocycles. The highest BCUT2D eigenvalue weighted by Gasteiger charge is 2.30. The van der Waals surface area contributed by atoms with Crippen LogP contribution in [0, 0.1) is 5.92 Å². The van der Waals surface area contributed by atoms with Crippen molar-refractivity contribution in [1.82, 2.24) is 28.4 Å². The lowest BCUT2D eigenvalue weighted by molar-refractivity contribution is 0.253. The van der Waals surface area contributed by atoms with Crippen molar-refractivity contribution >= 4 is 10.2 Å². The Labute approximate surface area is 161 Å². The van der Waals surface area contributed by atoms with Crippen LogP contribution in [0.3, 0.4) is 0 Å². The molecule has 0 bridgehead atoms. The maximum absolute atomic E-state index is 12.4. The fourth-order valence-corrected chi connectivity index (χ4v) is 4.67. The van der Waals surface area contributed by atoms with Gasteiger partial charge in [0.15, 0.2) is 0 Å². The number of hydrogen-bond acceptors (Lipinski definition) is 5. The van der Waals surface area contributed by atoms with Crippen LogP contribution in [0.4, 0.5) is 0 Å². The van der Waals surface area contributed by atoms with Gasteiger partial charge in [0.1, 0.15) is 5.69 Å². The van der Waals surface area contributed by atoms with E-state index in [0.29, 0.717) is 13.1 Å². The summed E-state index contributed by atoms with van der Waals surface area (Å²) in [6, 6.07) is 2.19. The summed E-state index contributed by atoms with van der Waals surface area (Å²) < 4.78 is 29.5. The standard InChI is InChI=1S/C18H28N6O2S/c1-14(2)24-18(7-8-21-24)17-12-19-16(11-20-17)10-15-6-5-9-23(13-15)27(25,26)22(3)4/h7-8,11-12,14-15H,5-6,9-10,13H2,1-4H3/t15-/m0/s1. The molecule has 3 rings (SSSR count). The second-order valence-corrected chi connectivity index (χ2v) is 9.65.